The van der Waals surface area contributed by atoms with Gasteiger partial charge in [0, 0.05) is 29.9 Å². The quantitative estimate of drug-likeness (QED) is 0.845. The van der Waals surface area contributed by atoms with Crippen molar-refractivity contribution in [3.8, 4) is 0 Å². The van der Waals surface area contributed by atoms with E-state index in [0.717, 1.165) is 25.9 Å². The summed E-state index contributed by atoms with van der Waals surface area (Å²) < 4.78 is 0. The zero-order valence-electron chi connectivity index (χ0n) is 16.4. The molecule has 1 heterocycles. The Balaban J connectivity index is 1.70. The minimum absolute atomic E-state index is 0.0420. The molecule has 0 spiro atoms. The molecule has 4 nitrogen and oxygen atoms in total. The molecule has 2 amide bonds. The number of anilines is 1. The van der Waals surface area contributed by atoms with Gasteiger partial charge >= 0.3 is 0 Å². The lowest BCUT2D eigenvalue weighted by Gasteiger charge is -2.26. The molecule has 1 N–H and O–H groups in total. The summed E-state index contributed by atoms with van der Waals surface area (Å²) in [4.78, 5) is 27.1. The molecular formula is C23H28N2O2. The third-order valence-electron chi connectivity index (χ3n) is 5.02. The Hall–Kier alpha value is -2.62. The minimum Gasteiger partial charge on any atom is -0.339 e. The van der Waals surface area contributed by atoms with Crippen molar-refractivity contribution in [2.75, 3.05) is 18.4 Å². The molecule has 0 radical (unpaired) electrons. The van der Waals surface area contributed by atoms with Gasteiger partial charge in [-0.1, -0.05) is 39.0 Å². The maximum atomic E-state index is 12.7. The molecule has 1 saturated heterocycles. The van der Waals surface area contributed by atoms with Gasteiger partial charge in [-0.3, -0.25) is 9.59 Å². The van der Waals surface area contributed by atoms with Crippen LogP contribution in [0.3, 0.4) is 0 Å². The van der Waals surface area contributed by atoms with E-state index >= 15 is 0 Å². The second-order valence-electron chi connectivity index (χ2n) is 8.22. The van der Waals surface area contributed by atoms with Crippen LogP contribution < -0.4 is 5.32 Å². The smallest absolute Gasteiger partial charge is 0.255 e. The van der Waals surface area contributed by atoms with Crippen LogP contribution in [0.15, 0.2) is 48.5 Å². The molecule has 4 heteroatoms. The van der Waals surface area contributed by atoms with Crippen LogP contribution in [0.4, 0.5) is 5.69 Å². The van der Waals surface area contributed by atoms with Gasteiger partial charge in [0.15, 0.2) is 0 Å². The van der Waals surface area contributed by atoms with E-state index in [0.29, 0.717) is 16.8 Å². The molecule has 1 aliphatic heterocycles. The third-order valence-corrected chi connectivity index (χ3v) is 5.02. The highest BCUT2D eigenvalue weighted by molar-refractivity contribution is 6.05. The summed E-state index contributed by atoms with van der Waals surface area (Å²) in [6, 6.07) is 14.9. The molecule has 0 bridgehead atoms. The van der Waals surface area contributed by atoms with Gasteiger partial charge < -0.3 is 10.2 Å². The average Bonchev–Trinajstić information content (AvgIpc) is 2.67. The van der Waals surface area contributed by atoms with E-state index < -0.39 is 0 Å². The van der Waals surface area contributed by atoms with E-state index in [1.165, 1.54) is 12.0 Å². The highest BCUT2D eigenvalue weighted by Gasteiger charge is 2.19. The lowest BCUT2D eigenvalue weighted by Crippen LogP contribution is -2.35. The number of hydrogen-bond donors (Lipinski definition) is 1. The highest BCUT2D eigenvalue weighted by Crippen LogP contribution is 2.23. The Morgan fingerprint density at radius 2 is 1.56 bits per heavy atom. The zero-order chi connectivity index (χ0) is 19.4. The van der Waals surface area contributed by atoms with Gasteiger partial charge in [0.1, 0.15) is 0 Å². The van der Waals surface area contributed by atoms with Gasteiger partial charge in [-0.2, -0.15) is 0 Å². The van der Waals surface area contributed by atoms with Crippen molar-refractivity contribution in [1.29, 1.82) is 0 Å². The van der Waals surface area contributed by atoms with Gasteiger partial charge in [-0.05, 0) is 60.6 Å². The summed E-state index contributed by atoms with van der Waals surface area (Å²) in [5, 5.41) is 2.90. The molecule has 142 valence electrons. The Morgan fingerprint density at radius 1 is 0.889 bits per heavy atom. The first-order valence-electron chi connectivity index (χ1n) is 9.66. The fraction of sp³-hybridized carbons (Fsp3) is 0.391. The van der Waals surface area contributed by atoms with Crippen LogP contribution in [0.2, 0.25) is 0 Å². The molecule has 1 aliphatic rings. The second-order valence-corrected chi connectivity index (χ2v) is 8.22. The summed E-state index contributed by atoms with van der Waals surface area (Å²) in [5.41, 5.74) is 3.11. The van der Waals surface area contributed by atoms with Crippen LogP contribution in [0.5, 0.6) is 0 Å². The molecule has 3 rings (SSSR count). The normalized spacial score (nSPS) is 14.7. The van der Waals surface area contributed by atoms with Crippen molar-refractivity contribution < 1.29 is 9.59 Å². The van der Waals surface area contributed by atoms with Crippen LogP contribution >= 0.6 is 0 Å². The van der Waals surface area contributed by atoms with E-state index in [2.05, 4.69) is 26.1 Å². The number of piperidine rings is 1. The van der Waals surface area contributed by atoms with Crippen molar-refractivity contribution in [2.45, 2.75) is 45.4 Å². The van der Waals surface area contributed by atoms with Crippen LogP contribution in [0, 0.1) is 0 Å². The lowest BCUT2D eigenvalue weighted by molar-refractivity contribution is 0.0724. The monoisotopic (exact) mass is 364 g/mol. The van der Waals surface area contributed by atoms with Crippen LogP contribution in [-0.4, -0.2) is 29.8 Å². The SMILES string of the molecule is CC(C)(C)c1ccc(C(=O)Nc2cccc(C(=O)N3CCCCC3)c2)cc1. The van der Waals surface area contributed by atoms with Gasteiger partial charge in [0.25, 0.3) is 11.8 Å². The highest BCUT2D eigenvalue weighted by atomic mass is 16.2. The maximum absolute atomic E-state index is 12.7. The second kappa shape index (κ2) is 7.95. The predicted molar refractivity (Wildman–Crippen MR) is 109 cm³/mol. The molecule has 27 heavy (non-hydrogen) atoms. The Morgan fingerprint density at radius 3 is 2.19 bits per heavy atom. The van der Waals surface area contributed by atoms with Crippen LogP contribution in [0.25, 0.3) is 0 Å². The number of carbonyl (C=O) groups is 2. The van der Waals surface area contributed by atoms with E-state index in [1.54, 1.807) is 6.07 Å². The number of carbonyl (C=O) groups excluding carboxylic acids is 2. The first kappa shape index (κ1) is 19.2. The molecule has 0 atom stereocenters. The summed E-state index contributed by atoms with van der Waals surface area (Å²) in [7, 11) is 0. The minimum atomic E-state index is -0.168. The van der Waals surface area contributed by atoms with E-state index in [4.69, 9.17) is 0 Å². The first-order chi connectivity index (χ1) is 12.8. The largest absolute Gasteiger partial charge is 0.339 e. The van der Waals surface area contributed by atoms with Crippen molar-refractivity contribution in [3.05, 3.63) is 65.2 Å². The van der Waals surface area contributed by atoms with E-state index in [1.807, 2.05) is 47.4 Å². The molecule has 1 fully saturated rings. The van der Waals surface area contributed by atoms with Crippen LogP contribution in [0.1, 0.15) is 66.3 Å². The number of hydrogen-bond acceptors (Lipinski definition) is 2. The summed E-state index contributed by atoms with van der Waals surface area (Å²) >= 11 is 0. The number of likely N-dealkylation sites (tertiary alicyclic amines) is 1. The van der Waals surface area contributed by atoms with Crippen LogP contribution in [-0.2, 0) is 5.41 Å². The number of amides is 2. The molecular weight excluding hydrogens is 336 g/mol. The van der Waals surface area contributed by atoms with Crippen molar-refractivity contribution in [2.24, 2.45) is 0 Å². The number of nitrogens with one attached hydrogen (secondary N) is 1. The fourth-order valence-electron chi connectivity index (χ4n) is 3.33. The van der Waals surface area contributed by atoms with Gasteiger partial charge in [-0.15, -0.1) is 0 Å². The molecule has 2 aromatic rings. The predicted octanol–water partition coefficient (Wildman–Crippen LogP) is 4.86. The molecule has 0 aromatic heterocycles. The van der Waals surface area contributed by atoms with Gasteiger partial charge in [0.2, 0.25) is 0 Å². The van der Waals surface area contributed by atoms with E-state index in [9.17, 15) is 9.59 Å². The Labute approximate surface area is 161 Å². The average molecular weight is 364 g/mol. The number of nitrogens with zero attached hydrogens (tertiary/aromatic N) is 1. The Bertz CT molecular complexity index is 813. The molecule has 0 saturated carbocycles. The van der Waals surface area contributed by atoms with Crippen molar-refractivity contribution in [3.63, 3.8) is 0 Å². The molecule has 0 aliphatic carbocycles. The van der Waals surface area contributed by atoms with E-state index in [-0.39, 0.29) is 17.2 Å². The van der Waals surface area contributed by atoms with Crippen molar-refractivity contribution >= 4 is 17.5 Å². The topological polar surface area (TPSA) is 49.4 Å². The Kier molecular flexibility index (Phi) is 5.64. The summed E-state index contributed by atoms with van der Waals surface area (Å²) in [6.07, 6.45) is 3.31. The van der Waals surface area contributed by atoms with Gasteiger partial charge in [0.05, 0.1) is 0 Å². The van der Waals surface area contributed by atoms with Crippen molar-refractivity contribution in [1.82, 2.24) is 4.90 Å². The number of benzene rings is 2. The standard InChI is InChI=1S/C23H28N2O2/c1-23(2,3)19-12-10-17(11-13-19)21(26)24-20-9-7-8-18(16-20)22(27)25-14-5-4-6-15-25/h7-13,16H,4-6,14-15H2,1-3H3,(H,24,26). The summed E-state index contributed by atoms with van der Waals surface area (Å²) in [5.74, 6) is -0.127. The maximum Gasteiger partial charge on any atom is 0.255 e. The number of rotatable bonds is 3. The fourth-order valence-corrected chi connectivity index (χ4v) is 3.33. The lowest BCUT2D eigenvalue weighted by atomic mass is 9.87. The molecule has 0 unspecified atom stereocenters. The first-order valence-corrected chi connectivity index (χ1v) is 9.66. The summed E-state index contributed by atoms with van der Waals surface area (Å²) in [6.45, 7) is 8.07. The third kappa shape index (κ3) is 4.76. The van der Waals surface area contributed by atoms with Gasteiger partial charge in [-0.25, -0.2) is 0 Å². The zero-order valence-corrected chi connectivity index (χ0v) is 16.4. The molecule has 2 aromatic carbocycles.